The maximum absolute atomic E-state index is 15.6. The maximum Gasteiger partial charge on any atom is 0.312 e. The fourth-order valence-corrected chi connectivity index (χ4v) is 14.9. The lowest BCUT2D eigenvalue weighted by Gasteiger charge is -2.38. The minimum atomic E-state index is -2.04. The molecule has 6 aromatic rings. The molecule has 43 nitrogen and oxygen atoms in total. The SMILES string of the molecule is COc1ccc(C[C@H](NC(=O)[C@@H](NC(=O)[C@H](CCC(N)=O)NC(=O)[C@H](Cc2c[nH]c3ccccc23)NC(=O)[C@@H](NC(=O)[C@H](CC(N)=O)NC(=O)[C@@H](NC(=O)[C@@H](Cc2ccccc2)NC(C)=O)C(C)(C)S)[C@@H](C)O)C(C)(C)S)C(=O)N[C@@H](Cc2ccc3ccccc3c2)C(=O)NC2(C(=O)N[C@@H](CCCNC(N)=O)C(=O)N[C@@H](CC(N)=O)C(=O)N[C@@H](CC(N)=O)C(N)=O)CCOCC2)cc1. The van der Waals surface area contributed by atoms with Crippen molar-refractivity contribution in [3.05, 3.63) is 150 Å². The van der Waals surface area contributed by atoms with Crippen LogP contribution in [0.15, 0.2) is 128 Å². The van der Waals surface area contributed by atoms with Crippen LogP contribution in [0, 0.1) is 0 Å². The van der Waals surface area contributed by atoms with E-state index in [0.29, 0.717) is 44.3 Å². The van der Waals surface area contributed by atoms with Crippen molar-refractivity contribution in [1.82, 2.24) is 79.4 Å². The second-order valence-corrected chi connectivity index (χ2v) is 35.7. The number of ether oxygens (including phenoxy) is 2. The normalized spacial score (nSPS) is 15.3. The van der Waals surface area contributed by atoms with Gasteiger partial charge in [0.15, 0.2) is 0 Å². The molecule has 5 aromatic carbocycles. The van der Waals surface area contributed by atoms with Gasteiger partial charge in [0.2, 0.25) is 106 Å². The van der Waals surface area contributed by atoms with Crippen LogP contribution in [0.3, 0.4) is 0 Å². The summed E-state index contributed by atoms with van der Waals surface area (Å²) in [6.45, 7) is 7.43. The zero-order valence-corrected chi connectivity index (χ0v) is 76.1. The number of aromatic amines is 1. The first kappa shape index (κ1) is 106. The number of nitrogens with two attached hydrogens (primary N) is 6. The van der Waals surface area contributed by atoms with Gasteiger partial charge in [0.25, 0.3) is 0 Å². The van der Waals surface area contributed by atoms with Gasteiger partial charge in [-0.15, -0.1) is 0 Å². The van der Waals surface area contributed by atoms with E-state index in [1.165, 1.54) is 47.9 Å². The van der Waals surface area contributed by atoms with Crippen LogP contribution >= 0.6 is 25.3 Å². The first-order valence-electron chi connectivity index (χ1n) is 42.4. The third-order valence-corrected chi connectivity index (χ3v) is 22.1. The van der Waals surface area contributed by atoms with Gasteiger partial charge < -0.3 is 128 Å². The number of benzene rings is 5. The van der Waals surface area contributed by atoms with Gasteiger partial charge in [0.05, 0.1) is 32.5 Å². The molecular weight excluding hydrogens is 1770 g/mol. The van der Waals surface area contributed by atoms with Crippen molar-refractivity contribution in [2.24, 2.45) is 34.4 Å². The number of nitrogens with one attached hydrogen (secondary N) is 15. The molecule has 13 atom stereocenters. The number of aromatic nitrogens is 1. The van der Waals surface area contributed by atoms with Crippen LogP contribution < -0.4 is 114 Å². The van der Waals surface area contributed by atoms with Crippen molar-refractivity contribution in [2.45, 2.75) is 219 Å². The molecule has 0 radical (unpaired) electrons. The Kier molecular flexibility index (Phi) is 39.4. The van der Waals surface area contributed by atoms with E-state index >= 15 is 28.8 Å². The summed E-state index contributed by atoms with van der Waals surface area (Å²) in [7, 11) is 1.41. The van der Waals surface area contributed by atoms with Crippen LogP contribution in [0.2, 0.25) is 0 Å². The third kappa shape index (κ3) is 33.1. The topological polar surface area (TPSA) is 703 Å². The summed E-state index contributed by atoms with van der Waals surface area (Å²) in [4.78, 5) is 267. The van der Waals surface area contributed by atoms with Gasteiger partial charge in [-0.2, -0.15) is 25.3 Å². The van der Waals surface area contributed by atoms with Gasteiger partial charge in [-0.25, -0.2) is 4.79 Å². The monoisotopic (exact) mass is 1880 g/mol. The highest BCUT2D eigenvalue weighted by Gasteiger charge is 2.47. The Hall–Kier alpha value is -14.0. The summed E-state index contributed by atoms with van der Waals surface area (Å²) < 4.78 is 8.00. The van der Waals surface area contributed by atoms with Gasteiger partial charge in [0, 0.05) is 98.2 Å². The van der Waals surface area contributed by atoms with Crippen molar-refractivity contribution in [2.75, 3.05) is 26.9 Å². The Labute approximate surface area is 775 Å². The number of urea groups is 1. The fraction of sp³-hybridized carbons (Fsp3) is 0.443. The van der Waals surface area contributed by atoms with Gasteiger partial charge in [-0.05, 0) is 105 Å². The van der Waals surface area contributed by atoms with Crippen LogP contribution in [0.5, 0.6) is 5.75 Å². The van der Waals surface area contributed by atoms with E-state index < -0.39 is 245 Å². The Morgan fingerprint density at radius 2 is 0.895 bits per heavy atom. The molecule has 0 spiro atoms. The van der Waals surface area contributed by atoms with Crippen LogP contribution in [0.25, 0.3) is 21.7 Å². The molecule has 1 aliphatic heterocycles. The molecule has 0 bridgehead atoms. The summed E-state index contributed by atoms with van der Waals surface area (Å²) in [5, 5.41) is 48.6. The van der Waals surface area contributed by atoms with E-state index in [1.807, 2.05) is 6.07 Å². The summed E-state index contributed by atoms with van der Waals surface area (Å²) in [6, 6.07) is 12.0. The molecule has 28 N–H and O–H groups in total. The van der Waals surface area contributed by atoms with Gasteiger partial charge >= 0.3 is 6.03 Å². The first-order valence-corrected chi connectivity index (χ1v) is 43.3. The average molecular weight is 1890 g/mol. The van der Waals surface area contributed by atoms with E-state index in [0.717, 1.165) is 12.3 Å². The number of amides is 20. The molecule has 0 saturated carbocycles. The molecule has 45 heteroatoms. The van der Waals surface area contributed by atoms with Crippen molar-refractivity contribution >= 4 is 159 Å². The summed E-state index contributed by atoms with van der Waals surface area (Å²) >= 11 is 9.30. The highest BCUT2D eigenvalue weighted by atomic mass is 32.1. The molecular formula is C88H117N21O22S2. The summed E-state index contributed by atoms with van der Waals surface area (Å²) in [6.07, 6.45) is -6.31. The number of para-hydroxylation sites is 1. The molecule has 133 heavy (non-hydrogen) atoms. The zero-order valence-electron chi connectivity index (χ0n) is 74.3. The number of thiol groups is 2. The molecule has 20 amide bonds. The quantitative estimate of drug-likeness (QED) is 0.0127. The highest BCUT2D eigenvalue weighted by Crippen LogP contribution is 2.27. The molecule has 7 rings (SSSR count). The number of methoxy groups -OCH3 is 1. The first-order chi connectivity index (χ1) is 62.6. The molecule has 1 fully saturated rings. The lowest BCUT2D eigenvalue weighted by Crippen LogP contribution is -2.67. The molecule has 2 heterocycles. The number of fused-ring (bicyclic) bond motifs is 2. The third-order valence-electron chi connectivity index (χ3n) is 21.6. The number of aliphatic hydroxyl groups excluding tert-OH is 1. The molecule has 1 saturated heterocycles. The predicted octanol–water partition coefficient (Wildman–Crippen LogP) is -4.27. The number of carbonyl (C=O) groups is 19. The number of carbonyl (C=O) groups excluding carboxylic acids is 19. The lowest BCUT2D eigenvalue weighted by atomic mass is 9.87. The number of hydrogen-bond acceptors (Lipinski definition) is 24. The van der Waals surface area contributed by atoms with Gasteiger partial charge in [-0.3, -0.25) is 86.3 Å². The summed E-state index contributed by atoms with van der Waals surface area (Å²) in [5.74, 6) is -19.2. The van der Waals surface area contributed by atoms with Crippen molar-refractivity contribution in [1.29, 1.82) is 0 Å². The largest absolute Gasteiger partial charge is 0.497 e. The minimum absolute atomic E-state index is 0.0205. The van der Waals surface area contributed by atoms with Gasteiger partial charge in [0.1, 0.15) is 83.8 Å². The zero-order chi connectivity index (χ0) is 98.4. The van der Waals surface area contributed by atoms with Crippen molar-refractivity contribution < 1.29 is 106 Å². The van der Waals surface area contributed by atoms with Gasteiger partial charge in [-0.1, -0.05) is 103 Å². The lowest BCUT2D eigenvalue weighted by molar-refractivity contribution is -0.141. The van der Waals surface area contributed by atoms with Crippen LogP contribution in [0.1, 0.15) is 122 Å². The maximum atomic E-state index is 15.6. The Morgan fingerprint density at radius 1 is 0.459 bits per heavy atom. The second kappa shape index (κ2) is 49.3. The Bertz CT molecular complexity index is 5240. The Morgan fingerprint density at radius 3 is 1.44 bits per heavy atom. The van der Waals surface area contributed by atoms with Crippen molar-refractivity contribution in [3.8, 4) is 5.75 Å². The number of rotatable bonds is 51. The van der Waals surface area contributed by atoms with Crippen LogP contribution in [-0.4, -0.2) is 243 Å². The van der Waals surface area contributed by atoms with Crippen LogP contribution in [-0.2, 0) is 117 Å². The van der Waals surface area contributed by atoms with E-state index in [1.54, 1.807) is 115 Å². The molecule has 1 aromatic heterocycles. The molecule has 0 unspecified atom stereocenters. The van der Waals surface area contributed by atoms with Crippen LogP contribution in [0.4, 0.5) is 4.79 Å². The second-order valence-electron chi connectivity index (χ2n) is 33.4. The highest BCUT2D eigenvalue weighted by molar-refractivity contribution is 7.82. The Balaban J connectivity index is 1.20. The van der Waals surface area contributed by atoms with E-state index in [9.17, 15) is 67.4 Å². The number of hydrogen-bond donors (Lipinski definition) is 24. The van der Waals surface area contributed by atoms with E-state index in [2.05, 4.69) is 92.0 Å². The standard InChI is InChI=1S/C88H117N21O22S2/c1-45(110)69(106-78(122)64(43-68(92)115)104-83(127)71(87(5,6)133)108-79(123)59(97-46(2)111)37-47-16-9-8-10-17-47)81(125)102-62(40-52-44-96-55-21-14-13-20-54(52)55)76(120)98-57(29-30-65(89)112)74(118)107-70(86(3,4)132)82(126)103-60(38-48-24-27-53(130-7)28-25-48)75(119)100-61(39-49-23-26-50-18-11-12-19-51(50)36-49)80(124)109-88(31-34-131-35-32-88)84(128)105-56(22-15-33-95-85(94)129)73(117)101-63(42-67(91)114)77(121)99-58(72(93)116)41-66(90)113/h8-14,16-21,23-28,36,44-45,56-64,69-71,96,110,132-133H,15,22,29-35,37-43H2,1-7H3,(H2,89,112)(H2,90,113)(H2,91,114)(H2,92,115)(H2,93,116)(H,97,111)(H,98,120)(H,99,121)(H,100,119)(H,101,117)(H,102,125)(H,103,126)(H,104,127)(H,105,128)(H,106,122)(H,107,118)(H,108,123)(H,109,124)(H3,94,95,129)/t45-,56+,57+,58+,59-,60+,61+,62+,63+,64+,69+,70-,71-/m1/s1. The van der Waals surface area contributed by atoms with E-state index in [-0.39, 0.29) is 64.7 Å². The van der Waals surface area contributed by atoms with Crippen molar-refractivity contribution in [3.63, 3.8) is 0 Å². The molecule has 718 valence electrons. The molecule has 0 aliphatic carbocycles. The fourth-order valence-electron chi connectivity index (χ4n) is 14.5. The number of H-pyrrole nitrogens is 1. The predicted molar refractivity (Wildman–Crippen MR) is 490 cm³/mol. The molecule has 1 aliphatic rings. The van der Waals surface area contributed by atoms with E-state index in [4.69, 9.17) is 56.5 Å². The average Bonchev–Trinajstić information content (AvgIpc) is 1.72. The number of primary amides is 6. The minimum Gasteiger partial charge on any atom is -0.497 e. The smallest absolute Gasteiger partial charge is 0.312 e. The number of aliphatic hydroxyl groups is 1. The summed E-state index contributed by atoms with van der Waals surface area (Å²) in [5.41, 5.74) is 33.1.